The van der Waals surface area contributed by atoms with Crippen LogP contribution < -0.4 is 5.32 Å². The molecule has 21 heavy (non-hydrogen) atoms. The zero-order chi connectivity index (χ0) is 15.0. The van der Waals surface area contributed by atoms with Gasteiger partial charge in [-0.05, 0) is 43.9 Å². The van der Waals surface area contributed by atoms with Crippen molar-refractivity contribution in [2.24, 2.45) is 0 Å². The number of halogens is 1. The molecule has 0 bridgehead atoms. The molecule has 0 saturated heterocycles. The van der Waals surface area contributed by atoms with Gasteiger partial charge in [0.1, 0.15) is 15.8 Å². The molecule has 0 atom stereocenters. The molecule has 3 rings (SSSR count). The van der Waals surface area contributed by atoms with Crippen LogP contribution in [0, 0.1) is 19.7 Å². The SMILES string of the molecule is Cc1nnc(CNC(=O)C2(c3cccc(F)c3C)CC2)s1. The molecule has 1 aliphatic carbocycles. The summed E-state index contributed by atoms with van der Waals surface area (Å²) in [5.41, 5.74) is 0.802. The molecule has 1 amide bonds. The molecule has 0 spiro atoms. The van der Waals surface area contributed by atoms with E-state index in [0.717, 1.165) is 28.4 Å². The minimum absolute atomic E-state index is 0.0518. The first-order valence-corrected chi connectivity index (χ1v) is 7.67. The number of rotatable bonds is 4. The van der Waals surface area contributed by atoms with Crippen LogP contribution in [0.1, 0.15) is 34.0 Å². The van der Waals surface area contributed by atoms with E-state index in [0.29, 0.717) is 12.1 Å². The van der Waals surface area contributed by atoms with Crippen LogP contribution in [0.4, 0.5) is 4.39 Å². The first-order valence-electron chi connectivity index (χ1n) is 6.86. The minimum atomic E-state index is -0.564. The number of aromatic nitrogens is 2. The zero-order valence-corrected chi connectivity index (χ0v) is 12.8. The second-order valence-electron chi connectivity index (χ2n) is 5.39. The Morgan fingerprint density at radius 3 is 2.76 bits per heavy atom. The summed E-state index contributed by atoms with van der Waals surface area (Å²) in [4.78, 5) is 12.5. The third kappa shape index (κ3) is 2.55. The van der Waals surface area contributed by atoms with Crippen molar-refractivity contribution in [3.05, 3.63) is 45.2 Å². The first kappa shape index (κ1) is 14.1. The Labute approximate surface area is 126 Å². The van der Waals surface area contributed by atoms with Crippen molar-refractivity contribution in [3.8, 4) is 0 Å². The lowest BCUT2D eigenvalue weighted by molar-refractivity contribution is -0.123. The average Bonchev–Trinajstić information content (AvgIpc) is 3.16. The minimum Gasteiger partial charge on any atom is -0.349 e. The van der Waals surface area contributed by atoms with Crippen molar-refractivity contribution in [1.29, 1.82) is 0 Å². The average molecular weight is 305 g/mol. The normalized spacial score (nSPS) is 15.8. The molecular weight excluding hydrogens is 289 g/mol. The van der Waals surface area contributed by atoms with Gasteiger partial charge in [0.25, 0.3) is 0 Å². The summed E-state index contributed by atoms with van der Waals surface area (Å²) >= 11 is 1.47. The lowest BCUT2D eigenvalue weighted by Gasteiger charge is -2.17. The van der Waals surface area contributed by atoms with Crippen molar-refractivity contribution in [2.75, 3.05) is 0 Å². The summed E-state index contributed by atoms with van der Waals surface area (Å²) < 4.78 is 13.7. The van der Waals surface area contributed by atoms with Gasteiger partial charge >= 0.3 is 0 Å². The predicted octanol–water partition coefficient (Wildman–Crippen LogP) is 2.64. The molecule has 0 aliphatic heterocycles. The Morgan fingerprint density at radius 1 is 1.38 bits per heavy atom. The van der Waals surface area contributed by atoms with Gasteiger partial charge < -0.3 is 5.32 Å². The number of carbonyl (C=O) groups is 1. The number of hydrogen-bond donors (Lipinski definition) is 1. The van der Waals surface area contributed by atoms with E-state index in [2.05, 4.69) is 15.5 Å². The van der Waals surface area contributed by atoms with E-state index in [1.54, 1.807) is 13.0 Å². The molecule has 1 aromatic carbocycles. The lowest BCUT2D eigenvalue weighted by atomic mass is 9.91. The monoisotopic (exact) mass is 305 g/mol. The van der Waals surface area contributed by atoms with E-state index in [1.807, 2.05) is 13.0 Å². The number of aryl methyl sites for hydroxylation is 1. The van der Waals surface area contributed by atoms with Gasteiger partial charge in [0.15, 0.2) is 0 Å². The van der Waals surface area contributed by atoms with E-state index >= 15 is 0 Å². The standard InChI is InChI=1S/C15H16FN3OS/c1-9-11(4-3-5-12(9)16)15(6-7-15)14(20)17-8-13-19-18-10(2)21-13/h3-5H,6-8H2,1-2H3,(H,17,20). The number of carbonyl (C=O) groups excluding carboxylic acids is 1. The second-order valence-corrected chi connectivity index (χ2v) is 6.66. The molecular formula is C15H16FN3OS. The molecule has 1 N–H and O–H groups in total. The van der Waals surface area contributed by atoms with E-state index in [1.165, 1.54) is 17.4 Å². The summed E-state index contributed by atoms with van der Waals surface area (Å²) in [6.07, 6.45) is 1.52. The van der Waals surface area contributed by atoms with Crippen LogP contribution in [-0.4, -0.2) is 16.1 Å². The van der Waals surface area contributed by atoms with Crippen LogP contribution in [0.5, 0.6) is 0 Å². The Kier molecular flexibility index (Phi) is 3.49. The van der Waals surface area contributed by atoms with Gasteiger partial charge in [-0.15, -0.1) is 10.2 Å². The van der Waals surface area contributed by atoms with Crippen LogP contribution in [0.2, 0.25) is 0 Å². The first-order chi connectivity index (χ1) is 10.0. The van der Waals surface area contributed by atoms with Crippen molar-refractivity contribution >= 4 is 17.2 Å². The van der Waals surface area contributed by atoms with Gasteiger partial charge in [-0.25, -0.2) is 4.39 Å². The molecule has 0 radical (unpaired) electrons. The molecule has 2 aromatic rings. The molecule has 4 nitrogen and oxygen atoms in total. The molecule has 110 valence electrons. The molecule has 1 fully saturated rings. The molecule has 6 heteroatoms. The maximum atomic E-state index is 13.7. The number of hydrogen-bond acceptors (Lipinski definition) is 4. The van der Waals surface area contributed by atoms with Crippen molar-refractivity contribution in [3.63, 3.8) is 0 Å². The van der Waals surface area contributed by atoms with Gasteiger partial charge in [0.05, 0.1) is 12.0 Å². The van der Waals surface area contributed by atoms with Crippen molar-refractivity contribution < 1.29 is 9.18 Å². The van der Waals surface area contributed by atoms with Crippen LogP contribution in [-0.2, 0) is 16.8 Å². The number of amides is 1. The fraction of sp³-hybridized carbons (Fsp3) is 0.400. The fourth-order valence-electron chi connectivity index (χ4n) is 2.60. The molecule has 1 aliphatic rings. The second kappa shape index (κ2) is 5.18. The van der Waals surface area contributed by atoms with Gasteiger partial charge in [-0.3, -0.25) is 4.79 Å². The van der Waals surface area contributed by atoms with Gasteiger partial charge in [-0.2, -0.15) is 0 Å². The highest BCUT2D eigenvalue weighted by Crippen LogP contribution is 2.49. The van der Waals surface area contributed by atoms with Crippen LogP contribution in [0.3, 0.4) is 0 Å². The van der Waals surface area contributed by atoms with E-state index < -0.39 is 5.41 Å². The predicted molar refractivity (Wildman–Crippen MR) is 78.5 cm³/mol. The number of nitrogens with one attached hydrogen (secondary N) is 1. The summed E-state index contributed by atoms with van der Waals surface area (Å²) in [6, 6.07) is 4.94. The van der Waals surface area contributed by atoms with Gasteiger partial charge in [-0.1, -0.05) is 23.5 Å². The van der Waals surface area contributed by atoms with Crippen molar-refractivity contribution in [1.82, 2.24) is 15.5 Å². The highest BCUT2D eigenvalue weighted by atomic mass is 32.1. The Hall–Kier alpha value is -1.82. The van der Waals surface area contributed by atoms with E-state index in [4.69, 9.17) is 0 Å². The molecule has 0 unspecified atom stereocenters. The largest absolute Gasteiger partial charge is 0.349 e. The Bertz CT molecular complexity index is 694. The maximum absolute atomic E-state index is 13.7. The van der Waals surface area contributed by atoms with E-state index in [9.17, 15) is 9.18 Å². The highest BCUT2D eigenvalue weighted by Gasteiger charge is 2.52. The summed E-state index contributed by atoms with van der Waals surface area (Å²) in [7, 11) is 0. The van der Waals surface area contributed by atoms with Crippen molar-refractivity contribution in [2.45, 2.75) is 38.6 Å². The summed E-state index contributed by atoms with van der Waals surface area (Å²) in [6.45, 7) is 3.98. The van der Waals surface area contributed by atoms with Gasteiger partial charge in [0.2, 0.25) is 5.91 Å². The summed E-state index contributed by atoms with van der Waals surface area (Å²) in [5.74, 6) is -0.310. The quantitative estimate of drug-likeness (QED) is 0.945. The Balaban J connectivity index is 1.76. The van der Waals surface area contributed by atoms with Gasteiger partial charge in [0, 0.05) is 0 Å². The van der Waals surface area contributed by atoms with Crippen LogP contribution >= 0.6 is 11.3 Å². The zero-order valence-electron chi connectivity index (χ0n) is 11.9. The maximum Gasteiger partial charge on any atom is 0.231 e. The molecule has 1 saturated carbocycles. The topological polar surface area (TPSA) is 54.9 Å². The van der Waals surface area contributed by atoms with Crippen LogP contribution in [0.25, 0.3) is 0 Å². The Morgan fingerprint density at radius 2 is 2.14 bits per heavy atom. The fourth-order valence-corrected chi connectivity index (χ4v) is 3.25. The third-order valence-corrected chi connectivity index (χ3v) is 4.77. The smallest absolute Gasteiger partial charge is 0.231 e. The third-order valence-electron chi connectivity index (χ3n) is 3.94. The molecule has 1 heterocycles. The summed E-state index contributed by atoms with van der Waals surface area (Å²) in [5, 5.41) is 12.5. The molecule has 1 aromatic heterocycles. The highest BCUT2D eigenvalue weighted by molar-refractivity contribution is 7.11. The van der Waals surface area contributed by atoms with E-state index in [-0.39, 0.29) is 11.7 Å². The lowest BCUT2D eigenvalue weighted by Crippen LogP contribution is -2.34. The number of nitrogens with zero attached hydrogens (tertiary/aromatic N) is 2. The van der Waals surface area contributed by atoms with Crippen LogP contribution in [0.15, 0.2) is 18.2 Å². The number of benzene rings is 1.